The number of hydrogen-bond acceptors (Lipinski definition) is 1. The van der Waals surface area contributed by atoms with Crippen LogP contribution in [0.4, 0.5) is 0 Å². The SMILES string of the molecule is [CH3][Ti]([CH3])[NH]C(C)(C)C. The molecule has 0 aliphatic rings. The molecule has 0 unspecified atom stereocenters. The first-order chi connectivity index (χ1) is 3.42. The molecule has 8 heavy (non-hydrogen) atoms. The number of rotatable bonds is 1. The second kappa shape index (κ2) is 3.00. The third-order valence-electron chi connectivity index (χ3n) is 0.625. The zero-order valence-electron chi connectivity index (χ0n) is 6.50. The van der Waals surface area contributed by atoms with Crippen molar-refractivity contribution in [3.05, 3.63) is 0 Å². The van der Waals surface area contributed by atoms with Gasteiger partial charge < -0.3 is 0 Å². The molecule has 0 rings (SSSR count). The van der Waals surface area contributed by atoms with Gasteiger partial charge in [-0.1, -0.05) is 0 Å². The van der Waals surface area contributed by atoms with E-state index in [1.54, 1.807) is 0 Å². The minimum atomic E-state index is -0.773. The molecule has 0 aromatic heterocycles. The summed E-state index contributed by atoms with van der Waals surface area (Å²) in [5.74, 6) is 0. The Morgan fingerprint density at radius 3 is 1.50 bits per heavy atom. The van der Waals surface area contributed by atoms with Crippen LogP contribution in [0.25, 0.3) is 0 Å². The van der Waals surface area contributed by atoms with E-state index in [4.69, 9.17) is 0 Å². The Morgan fingerprint density at radius 2 is 1.50 bits per heavy atom. The van der Waals surface area contributed by atoms with Gasteiger partial charge in [-0.05, 0) is 0 Å². The van der Waals surface area contributed by atoms with Gasteiger partial charge in [0.15, 0.2) is 0 Å². The summed E-state index contributed by atoms with van der Waals surface area (Å²) in [4.78, 5) is 0. The molecule has 0 fully saturated rings. The van der Waals surface area contributed by atoms with Gasteiger partial charge in [0.2, 0.25) is 0 Å². The summed E-state index contributed by atoms with van der Waals surface area (Å²) in [5.41, 5.74) is 0.346. The van der Waals surface area contributed by atoms with Crippen molar-refractivity contribution >= 4 is 0 Å². The summed E-state index contributed by atoms with van der Waals surface area (Å²) < 4.78 is 3.55. The summed E-state index contributed by atoms with van der Waals surface area (Å²) in [5, 5.41) is 4.65. The molecule has 0 atom stereocenters. The Hall–Kier alpha value is 0.674. The van der Waals surface area contributed by atoms with Gasteiger partial charge >= 0.3 is 58.7 Å². The standard InChI is InChI=1S/C4H10N.2CH3.Ti/c1-4(2,3)5;;;/h5H,1-3H3;2*1H3;/q-1;;;+1. The molecule has 0 amide bonds. The van der Waals surface area contributed by atoms with Crippen molar-refractivity contribution in [2.75, 3.05) is 0 Å². The quantitative estimate of drug-likeness (QED) is 0.563. The van der Waals surface area contributed by atoms with Gasteiger partial charge in [-0.2, -0.15) is 0 Å². The summed E-state index contributed by atoms with van der Waals surface area (Å²) >= 11 is -0.773. The molecule has 0 heterocycles. The van der Waals surface area contributed by atoms with Crippen LogP contribution in [0.1, 0.15) is 20.8 Å². The third-order valence-corrected chi connectivity index (χ3v) is 2.58. The van der Waals surface area contributed by atoms with E-state index in [-0.39, 0.29) is 0 Å². The third kappa shape index (κ3) is 6.67. The van der Waals surface area contributed by atoms with E-state index in [9.17, 15) is 0 Å². The van der Waals surface area contributed by atoms with Gasteiger partial charge in [0.25, 0.3) is 0 Å². The number of hydrogen-bond donors (Lipinski definition) is 1. The fourth-order valence-corrected chi connectivity index (χ4v) is 3.09. The Balaban J connectivity index is 3.39. The van der Waals surface area contributed by atoms with Crippen LogP contribution in [0.5, 0.6) is 0 Å². The Kier molecular flexibility index (Phi) is 3.25. The van der Waals surface area contributed by atoms with Crippen LogP contribution in [0.15, 0.2) is 0 Å². The van der Waals surface area contributed by atoms with E-state index in [1.807, 2.05) is 0 Å². The van der Waals surface area contributed by atoms with Crippen LogP contribution in [0.2, 0.25) is 10.5 Å². The van der Waals surface area contributed by atoms with E-state index < -0.39 is 18.1 Å². The molecular weight excluding hydrogens is 134 g/mol. The summed E-state index contributed by atoms with van der Waals surface area (Å²) in [6, 6.07) is 0. The molecule has 1 N–H and O–H groups in total. The monoisotopic (exact) mass is 150 g/mol. The van der Waals surface area contributed by atoms with Crippen LogP contribution in [0, 0.1) is 0 Å². The predicted molar refractivity (Wildman–Crippen MR) is 34.6 cm³/mol. The molecular formula is C6H16NTi. The van der Waals surface area contributed by atoms with E-state index in [2.05, 4.69) is 35.0 Å². The Bertz CT molecular complexity index is 63.4. The van der Waals surface area contributed by atoms with Gasteiger partial charge in [-0.3, -0.25) is 0 Å². The molecule has 0 radical (unpaired) electrons. The van der Waals surface area contributed by atoms with Crippen LogP contribution < -0.4 is 3.80 Å². The van der Waals surface area contributed by atoms with Crippen molar-refractivity contribution in [3.63, 3.8) is 0 Å². The predicted octanol–water partition coefficient (Wildman–Crippen LogP) is 2.00. The molecule has 0 bridgehead atoms. The van der Waals surface area contributed by atoms with Gasteiger partial charge in [0, 0.05) is 0 Å². The molecule has 0 spiro atoms. The average molecular weight is 150 g/mol. The van der Waals surface area contributed by atoms with Crippen molar-refractivity contribution in [3.8, 4) is 0 Å². The number of nitrogens with one attached hydrogen (secondary N) is 1. The van der Waals surface area contributed by atoms with Crippen molar-refractivity contribution in [1.29, 1.82) is 0 Å². The summed E-state index contributed by atoms with van der Waals surface area (Å²) in [6.45, 7) is 6.65. The fraction of sp³-hybridized carbons (Fsp3) is 1.00. The molecule has 1 nitrogen and oxygen atoms in total. The van der Waals surface area contributed by atoms with Gasteiger partial charge in [-0.15, -0.1) is 0 Å². The van der Waals surface area contributed by atoms with E-state index in [0.29, 0.717) is 5.54 Å². The normalized spacial score (nSPS) is 11.6. The first-order valence-electron chi connectivity index (χ1n) is 3.00. The minimum absolute atomic E-state index is 0.346. The zero-order chi connectivity index (χ0) is 6.78. The average Bonchev–Trinajstić information content (AvgIpc) is 1.21. The summed E-state index contributed by atoms with van der Waals surface area (Å²) in [6.07, 6.45) is 0. The van der Waals surface area contributed by atoms with Crippen molar-refractivity contribution in [2.24, 2.45) is 0 Å². The van der Waals surface area contributed by atoms with Crippen molar-refractivity contribution in [2.45, 2.75) is 36.8 Å². The first kappa shape index (κ1) is 8.67. The summed E-state index contributed by atoms with van der Waals surface area (Å²) in [7, 11) is 0. The molecule has 0 saturated heterocycles. The van der Waals surface area contributed by atoms with Crippen LogP contribution in [0.3, 0.4) is 0 Å². The second-order valence-electron chi connectivity index (χ2n) is 3.38. The maximum absolute atomic E-state index is 3.55. The molecule has 0 saturated carbocycles. The van der Waals surface area contributed by atoms with E-state index in [0.717, 1.165) is 0 Å². The molecule has 0 aromatic rings. The van der Waals surface area contributed by atoms with E-state index in [1.165, 1.54) is 0 Å². The molecule has 0 aliphatic carbocycles. The van der Waals surface area contributed by atoms with Gasteiger partial charge in [0.1, 0.15) is 0 Å². The van der Waals surface area contributed by atoms with Crippen molar-refractivity contribution < 1.29 is 18.1 Å². The Morgan fingerprint density at radius 1 is 1.12 bits per heavy atom. The van der Waals surface area contributed by atoms with Gasteiger partial charge in [-0.25, -0.2) is 0 Å². The van der Waals surface area contributed by atoms with Crippen LogP contribution in [-0.2, 0) is 18.1 Å². The molecule has 2 heteroatoms. The maximum atomic E-state index is 3.55. The topological polar surface area (TPSA) is 12.0 Å². The second-order valence-corrected chi connectivity index (χ2v) is 6.89. The van der Waals surface area contributed by atoms with E-state index >= 15 is 0 Å². The molecule has 49 valence electrons. The van der Waals surface area contributed by atoms with Crippen LogP contribution in [-0.4, -0.2) is 5.54 Å². The first-order valence-corrected chi connectivity index (χ1v) is 6.90. The zero-order valence-corrected chi connectivity index (χ0v) is 8.06. The van der Waals surface area contributed by atoms with Gasteiger partial charge in [0.05, 0.1) is 0 Å². The van der Waals surface area contributed by atoms with Crippen molar-refractivity contribution in [1.82, 2.24) is 3.80 Å². The fourth-order valence-electron chi connectivity index (χ4n) is 0.750. The molecule has 0 aliphatic heterocycles. The molecule has 0 aromatic carbocycles. The Labute approximate surface area is 59.0 Å². The van der Waals surface area contributed by atoms with Crippen LogP contribution >= 0.6 is 0 Å².